The molecule has 0 radical (unpaired) electrons. The summed E-state index contributed by atoms with van der Waals surface area (Å²) in [5, 5.41) is 0. The van der Waals surface area contributed by atoms with Gasteiger partial charge in [0.2, 0.25) is 0 Å². The highest BCUT2D eigenvalue weighted by atomic mass is 16.5. The van der Waals surface area contributed by atoms with E-state index >= 15 is 0 Å². The Hall–Kier alpha value is -2.95. The van der Waals surface area contributed by atoms with E-state index in [1.165, 1.54) is 0 Å². The van der Waals surface area contributed by atoms with Crippen LogP contribution in [-0.2, 0) is 0 Å². The van der Waals surface area contributed by atoms with Crippen LogP contribution < -0.4 is 18.8 Å². The third-order valence-electron chi connectivity index (χ3n) is 3.89. The molecule has 3 aromatic rings. The van der Waals surface area contributed by atoms with E-state index in [9.17, 15) is 0 Å². The molecule has 5 heteroatoms. The molecular formula is C19H20N2O3. The second-order valence-corrected chi connectivity index (χ2v) is 5.33. The van der Waals surface area contributed by atoms with Gasteiger partial charge in [0.1, 0.15) is 22.9 Å². The largest absolute Gasteiger partial charge is 0.500 e. The van der Waals surface area contributed by atoms with E-state index in [0.29, 0.717) is 0 Å². The smallest absolute Gasteiger partial charge is 0.268 e. The lowest BCUT2D eigenvalue weighted by atomic mass is 10.2. The Bertz CT molecular complexity index is 856. The van der Waals surface area contributed by atoms with Crippen molar-refractivity contribution in [1.29, 1.82) is 0 Å². The van der Waals surface area contributed by atoms with Gasteiger partial charge in [-0.05, 0) is 42.8 Å². The number of imidazole rings is 1. The summed E-state index contributed by atoms with van der Waals surface area (Å²) in [6.45, 7) is 2.05. The topological polar surface area (TPSA) is 36.5 Å². The van der Waals surface area contributed by atoms with Gasteiger partial charge in [0, 0.05) is 18.5 Å². The van der Waals surface area contributed by atoms with Crippen molar-refractivity contribution in [3.8, 4) is 28.6 Å². The molecule has 0 amide bonds. The first-order valence-electron chi connectivity index (χ1n) is 7.56. The van der Waals surface area contributed by atoms with Gasteiger partial charge >= 0.3 is 0 Å². The van der Waals surface area contributed by atoms with Gasteiger partial charge in [-0.25, -0.2) is 0 Å². The molecule has 0 aliphatic carbocycles. The number of hydrogen-bond acceptors (Lipinski definition) is 3. The van der Waals surface area contributed by atoms with Crippen LogP contribution in [0, 0.1) is 13.3 Å². The van der Waals surface area contributed by atoms with E-state index in [2.05, 4.69) is 6.33 Å². The number of aromatic nitrogens is 2. The molecule has 2 aromatic carbocycles. The first kappa shape index (κ1) is 15.9. The van der Waals surface area contributed by atoms with Crippen molar-refractivity contribution in [2.45, 2.75) is 6.92 Å². The zero-order chi connectivity index (χ0) is 17.1. The summed E-state index contributed by atoms with van der Waals surface area (Å²) < 4.78 is 19.8. The third kappa shape index (κ3) is 2.93. The number of nitrogens with zero attached hydrogens (tertiary/aromatic N) is 2. The van der Waals surface area contributed by atoms with Gasteiger partial charge in [0.05, 0.1) is 27.0 Å². The van der Waals surface area contributed by atoms with Crippen molar-refractivity contribution in [3.63, 3.8) is 0 Å². The number of hydrogen-bond donors (Lipinski definition) is 0. The fourth-order valence-electron chi connectivity index (χ4n) is 2.59. The number of benzene rings is 2. The minimum atomic E-state index is 0.722. The summed E-state index contributed by atoms with van der Waals surface area (Å²) in [5.41, 5.74) is 3.04. The predicted octanol–water partition coefficient (Wildman–Crippen LogP) is 2.89. The van der Waals surface area contributed by atoms with Crippen LogP contribution >= 0.6 is 0 Å². The van der Waals surface area contributed by atoms with Crippen LogP contribution in [0.1, 0.15) is 5.56 Å². The first-order valence-corrected chi connectivity index (χ1v) is 7.56. The van der Waals surface area contributed by atoms with Crippen LogP contribution in [0.4, 0.5) is 0 Å². The number of ether oxygens (including phenoxy) is 3. The van der Waals surface area contributed by atoms with Gasteiger partial charge in [-0.3, -0.25) is 9.13 Å². The highest BCUT2D eigenvalue weighted by molar-refractivity contribution is 5.50. The van der Waals surface area contributed by atoms with Crippen LogP contribution in [0.25, 0.3) is 11.4 Å². The number of rotatable bonds is 5. The van der Waals surface area contributed by atoms with Crippen LogP contribution in [0.3, 0.4) is 0 Å². The van der Waals surface area contributed by atoms with Crippen LogP contribution in [0.5, 0.6) is 17.2 Å². The highest BCUT2D eigenvalue weighted by Gasteiger charge is 2.10. The summed E-state index contributed by atoms with van der Waals surface area (Å²) >= 11 is 0. The molecular weight excluding hydrogens is 304 g/mol. The van der Waals surface area contributed by atoms with E-state index in [1.54, 1.807) is 21.3 Å². The Kier molecular flexibility index (Phi) is 4.42. The van der Waals surface area contributed by atoms with Gasteiger partial charge in [-0.2, -0.15) is 0 Å². The zero-order valence-corrected chi connectivity index (χ0v) is 14.2. The summed E-state index contributed by atoms with van der Waals surface area (Å²) in [6, 6.07) is 11.6. The molecule has 3 rings (SSSR count). The second-order valence-electron chi connectivity index (χ2n) is 5.33. The van der Waals surface area contributed by atoms with E-state index in [4.69, 9.17) is 14.2 Å². The zero-order valence-electron chi connectivity index (χ0n) is 14.2. The Morgan fingerprint density at radius 2 is 1.62 bits per heavy atom. The van der Waals surface area contributed by atoms with E-state index in [0.717, 1.165) is 34.2 Å². The SMILES string of the molecule is COc1ccc(-[n+]2[c-]n(-c3ccc(OC)cc3OC)cc2)c(C)c1. The predicted molar refractivity (Wildman–Crippen MR) is 90.5 cm³/mol. The van der Waals surface area contributed by atoms with Crippen molar-refractivity contribution >= 4 is 0 Å². The molecule has 0 aliphatic rings. The Labute approximate surface area is 141 Å². The molecule has 0 bridgehead atoms. The Morgan fingerprint density at radius 3 is 2.29 bits per heavy atom. The molecule has 0 saturated carbocycles. The summed E-state index contributed by atoms with van der Waals surface area (Å²) in [6.07, 6.45) is 7.20. The molecule has 124 valence electrons. The molecule has 5 nitrogen and oxygen atoms in total. The standard InChI is InChI=1S/C19H20N2O3/c1-14-11-15(22-2)5-7-17(14)20-9-10-21(13-20)18-8-6-16(23-3)12-19(18)24-4/h5-12H,1-4H3. The van der Waals surface area contributed by atoms with Gasteiger partial charge in [0.25, 0.3) is 6.33 Å². The number of methoxy groups -OCH3 is 3. The summed E-state index contributed by atoms with van der Waals surface area (Å²) in [4.78, 5) is 0. The fraction of sp³-hybridized carbons (Fsp3) is 0.211. The fourth-order valence-corrected chi connectivity index (χ4v) is 2.59. The molecule has 1 aromatic heterocycles. The van der Waals surface area contributed by atoms with E-state index < -0.39 is 0 Å². The second kappa shape index (κ2) is 6.66. The lowest BCUT2D eigenvalue weighted by molar-refractivity contribution is -0.599. The van der Waals surface area contributed by atoms with Crippen LogP contribution in [0.2, 0.25) is 0 Å². The van der Waals surface area contributed by atoms with Crippen molar-refractivity contribution < 1.29 is 18.8 Å². The molecule has 0 saturated heterocycles. The quantitative estimate of drug-likeness (QED) is 0.535. The maximum atomic E-state index is 5.46. The molecule has 0 atom stereocenters. The van der Waals surface area contributed by atoms with E-state index in [1.807, 2.05) is 64.8 Å². The van der Waals surface area contributed by atoms with Crippen molar-refractivity contribution in [2.75, 3.05) is 21.3 Å². The van der Waals surface area contributed by atoms with Crippen molar-refractivity contribution in [1.82, 2.24) is 4.57 Å². The van der Waals surface area contributed by atoms with Gasteiger partial charge in [-0.1, -0.05) is 0 Å². The molecule has 0 N–H and O–H groups in total. The molecule has 0 spiro atoms. The Balaban J connectivity index is 1.99. The monoisotopic (exact) mass is 324 g/mol. The average molecular weight is 324 g/mol. The lowest BCUT2D eigenvalue weighted by Crippen LogP contribution is -2.29. The van der Waals surface area contributed by atoms with Crippen molar-refractivity contribution in [3.05, 3.63) is 60.7 Å². The summed E-state index contributed by atoms with van der Waals surface area (Å²) in [7, 11) is 4.94. The highest BCUT2D eigenvalue weighted by Crippen LogP contribution is 2.27. The van der Waals surface area contributed by atoms with Gasteiger partial charge in [0.15, 0.2) is 0 Å². The lowest BCUT2D eigenvalue weighted by Gasteiger charge is -2.10. The van der Waals surface area contributed by atoms with Crippen molar-refractivity contribution in [2.24, 2.45) is 0 Å². The summed E-state index contributed by atoms with van der Waals surface area (Å²) in [5.74, 6) is 2.31. The van der Waals surface area contributed by atoms with Crippen LogP contribution in [-0.4, -0.2) is 25.9 Å². The number of aryl methyl sites for hydroxylation is 1. The average Bonchev–Trinajstić information content (AvgIpc) is 3.10. The Morgan fingerprint density at radius 1 is 0.917 bits per heavy atom. The van der Waals surface area contributed by atoms with E-state index in [-0.39, 0.29) is 0 Å². The molecule has 24 heavy (non-hydrogen) atoms. The maximum Gasteiger partial charge on any atom is 0.268 e. The maximum absolute atomic E-state index is 5.46. The third-order valence-corrected chi connectivity index (χ3v) is 3.89. The normalized spacial score (nSPS) is 10.5. The molecule has 0 fully saturated rings. The van der Waals surface area contributed by atoms with Crippen LogP contribution in [0.15, 0.2) is 48.8 Å². The first-order chi connectivity index (χ1) is 11.7. The van der Waals surface area contributed by atoms with Gasteiger partial charge in [-0.15, -0.1) is 0 Å². The minimum Gasteiger partial charge on any atom is -0.500 e. The molecule has 1 heterocycles. The molecule has 0 aliphatic heterocycles. The minimum absolute atomic E-state index is 0.722. The van der Waals surface area contributed by atoms with Gasteiger partial charge < -0.3 is 14.2 Å². The molecule has 0 unspecified atom stereocenters.